The molecule has 2 heteroatoms. The summed E-state index contributed by atoms with van der Waals surface area (Å²) in [6, 6.07) is 6.52. The molecule has 1 aromatic carbocycles. The predicted octanol–water partition coefficient (Wildman–Crippen LogP) is 2.34. The number of benzene rings is 1. The highest BCUT2D eigenvalue weighted by molar-refractivity contribution is 5.59. The number of anilines is 1. The Hall–Kier alpha value is -1.02. The van der Waals surface area contributed by atoms with Crippen molar-refractivity contribution in [2.75, 3.05) is 24.5 Å². The van der Waals surface area contributed by atoms with Crippen molar-refractivity contribution in [2.24, 2.45) is 5.73 Å². The lowest BCUT2D eigenvalue weighted by Gasteiger charge is -2.26. The first-order chi connectivity index (χ1) is 7.24. The van der Waals surface area contributed by atoms with E-state index in [0.717, 1.165) is 19.5 Å². The third-order valence-electron chi connectivity index (χ3n) is 2.80. The van der Waals surface area contributed by atoms with E-state index in [2.05, 4.69) is 43.9 Å². The van der Waals surface area contributed by atoms with Crippen LogP contribution in [0.3, 0.4) is 0 Å². The smallest absolute Gasteiger partial charge is 0.0428 e. The lowest BCUT2D eigenvalue weighted by atomic mass is 10.0. The van der Waals surface area contributed by atoms with Gasteiger partial charge < -0.3 is 10.6 Å². The lowest BCUT2D eigenvalue weighted by Crippen LogP contribution is -2.30. The largest absolute Gasteiger partial charge is 0.370 e. The monoisotopic (exact) mass is 206 g/mol. The first kappa shape index (κ1) is 12.1. The van der Waals surface area contributed by atoms with Crippen molar-refractivity contribution in [3.8, 4) is 0 Å². The average molecular weight is 206 g/mol. The Morgan fingerprint density at radius 3 is 2.53 bits per heavy atom. The standard InChI is InChI=1S/C13H22N2/c1-4-12-8-6-7-11(3)13(12)15(5-2)10-9-14/h6-8H,4-5,9-10,14H2,1-3H3. The molecule has 0 fully saturated rings. The van der Waals surface area contributed by atoms with Gasteiger partial charge in [-0.2, -0.15) is 0 Å². The van der Waals surface area contributed by atoms with Crippen LogP contribution in [0.5, 0.6) is 0 Å². The first-order valence-corrected chi connectivity index (χ1v) is 5.78. The van der Waals surface area contributed by atoms with E-state index in [4.69, 9.17) is 5.73 Å². The van der Waals surface area contributed by atoms with Gasteiger partial charge in [-0.1, -0.05) is 25.1 Å². The van der Waals surface area contributed by atoms with E-state index in [0.29, 0.717) is 6.54 Å². The van der Waals surface area contributed by atoms with E-state index >= 15 is 0 Å². The summed E-state index contributed by atoms with van der Waals surface area (Å²) in [5.41, 5.74) is 9.80. The number of aryl methyl sites for hydroxylation is 2. The minimum Gasteiger partial charge on any atom is -0.370 e. The SMILES string of the molecule is CCc1cccc(C)c1N(CC)CCN. The maximum absolute atomic E-state index is 5.64. The van der Waals surface area contributed by atoms with Crippen LogP contribution in [0.2, 0.25) is 0 Å². The van der Waals surface area contributed by atoms with Crippen molar-refractivity contribution >= 4 is 5.69 Å². The summed E-state index contributed by atoms with van der Waals surface area (Å²) in [6.07, 6.45) is 1.08. The third-order valence-corrected chi connectivity index (χ3v) is 2.80. The molecule has 0 atom stereocenters. The van der Waals surface area contributed by atoms with E-state index in [9.17, 15) is 0 Å². The van der Waals surface area contributed by atoms with Gasteiger partial charge in [0, 0.05) is 25.3 Å². The van der Waals surface area contributed by atoms with Gasteiger partial charge in [0.1, 0.15) is 0 Å². The molecule has 0 saturated heterocycles. The average Bonchev–Trinajstić information content (AvgIpc) is 2.26. The van der Waals surface area contributed by atoms with Gasteiger partial charge in [-0.3, -0.25) is 0 Å². The van der Waals surface area contributed by atoms with Gasteiger partial charge in [0.2, 0.25) is 0 Å². The maximum atomic E-state index is 5.64. The summed E-state index contributed by atoms with van der Waals surface area (Å²) in [5, 5.41) is 0. The molecular formula is C13H22N2. The first-order valence-electron chi connectivity index (χ1n) is 5.78. The summed E-state index contributed by atoms with van der Waals surface area (Å²) < 4.78 is 0. The highest BCUT2D eigenvalue weighted by Crippen LogP contribution is 2.25. The number of rotatable bonds is 5. The van der Waals surface area contributed by atoms with Gasteiger partial charge in [0.15, 0.2) is 0 Å². The molecule has 0 spiro atoms. The van der Waals surface area contributed by atoms with Crippen LogP contribution in [0.1, 0.15) is 25.0 Å². The molecular weight excluding hydrogens is 184 g/mol. The minimum atomic E-state index is 0.714. The summed E-state index contributed by atoms with van der Waals surface area (Å²) in [4.78, 5) is 2.37. The fourth-order valence-corrected chi connectivity index (χ4v) is 2.04. The third kappa shape index (κ3) is 2.72. The molecule has 2 N–H and O–H groups in total. The van der Waals surface area contributed by atoms with Crippen molar-refractivity contribution < 1.29 is 0 Å². The van der Waals surface area contributed by atoms with Crippen molar-refractivity contribution in [3.05, 3.63) is 29.3 Å². The molecule has 15 heavy (non-hydrogen) atoms. The van der Waals surface area contributed by atoms with Gasteiger partial charge in [-0.15, -0.1) is 0 Å². The van der Waals surface area contributed by atoms with Crippen LogP contribution in [-0.4, -0.2) is 19.6 Å². The van der Waals surface area contributed by atoms with Gasteiger partial charge >= 0.3 is 0 Å². The molecule has 0 aliphatic heterocycles. The minimum absolute atomic E-state index is 0.714. The van der Waals surface area contributed by atoms with Crippen molar-refractivity contribution in [1.82, 2.24) is 0 Å². The van der Waals surface area contributed by atoms with Crippen molar-refractivity contribution in [2.45, 2.75) is 27.2 Å². The number of para-hydroxylation sites is 1. The van der Waals surface area contributed by atoms with Gasteiger partial charge in [-0.25, -0.2) is 0 Å². The number of hydrogen-bond donors (Lipinski definition) is 1. The van der Waals surface area contributed by atoms with Crippen LogP contribution in [0, 0.1) is 6.92 Å². The predicted molar refractivity (Wildman–Crippen MR) is 67.5 cm³/mol. The summed E-state index contributed by atoms with van der Waals surface area (Å²) >= 11 is 0. The summed E-state index contributed by atoms with van der Waals surface area (Å²) in [6.45, 7) is 9.23. The van der Waals surface area contributed by atoms with Crippen LogP contribution >= 0.6 is 0 Å². The van der Waals surface area contributed by atoms with Crippen LogP contribution < -0.4 is 10.6 Å². The zero-order chi connectivity index (χ0) is 11.3. The number of hydrogen-bond acceptors (Lipinski definition) is 2. The van der Waals surface area contributed by atoms with E-state index in [1.807, 2.05) is 0 Å². The maximum Gasteiger partial charge on any atom is 0.0428 e. The Morgan fingerprint density at radius 1 is 1.27 bits per heavy atom. The fourth-order valence-electron chi connectivity index (χ4n) is 2.04. The van der Waals surface area contributed by atoms with Gasteiger partial charge in [0.05, 0.1) is 0 Å². The Bertz CT molecular complexity index is 307. The molecule has 0 amide bonds. The van der Waals surface area contributed by atoms with E-state index < -0.39 is 0 Å². The molecule has 84 valence electrons. The molecule has 0 unspecified atom stereocenters. The van der Waals surface area contributed by atoms with Crippen molar-refractivity contribution in [1.29, 1.82) is 0 Å². The van der Waals surface area contributed by atoms with Crippen LogP contribution in [0.4, 0.5) is 5.69 Å². The topological polar surface area (TPSA) is 29.3 Å². The van der Waals surface area contributed by atoms with E-state index in [1.54, 1.807) is 0 Å². The molecule has 0 saturated carbocycles. The van der Waals surface area contributed by atoms with Crippen molar-refractivity contribution in [3.63, 3.8) is 0 Å². The molecule has 0 bridgehead atoms. The Balaban J connectivity index is 3.08. The highest BCUT2D eigenvalue weighted by Gasteiger charge is 2.10. The molecule has 0 radical (unpaired) electrons. The Morgan fingerprint density at radius 2 is 2.00 bits per heavy atom. The van der Waals surface area contributed by atoms with Crippen LogP contribution in [0.15, 0.2) is 18.2 Å². The quantitative estimate of drug-likeness (QED) is 0.801. The molecule has 0 aliphatic rings. The lowest BCUT2D eigenvalue weighted by molar-refractivity contribution is 0.806. The van der Waals surface area contributed by atoms with Gasteiger partial charge in [-0.05, 0) is 31.4 Å². The Labute approximate surface area is 93.1 Å². The fraction of sp³-hybridized carbons (Fsp3) is 0.538. The van der Waals surface area contributed by atoms with Gasteiger partial charge in [0.25, 0.3) is 0 Å². The second-order valence-corrected chi connectivity index (χ2v) is 3.80. The van der Waals surface area contributed by atoms with Crippen LogP contribution in [-0.2, 0) is 6.42 Å². The van der Waals surface area contributed by atoms with E-state index in [1.165, 1.54) is 16.8 Å². The number of nitrogens with two attached hydrogens (primary N) is 1. The second kappa shape index (κ2) is 5.76. The molecule has 1 rings (SSSR count). The highest BCUT2D eigenvalue weighted by atomic mass is 15.1. The van der Waals surface area contributed by atoms with E-state index in [-0.39, 0.29) is 0 Å². The zero-order valence-electron chi connectivity index (χ0n) is 10.1. The van der Waals surface area contributed by atoms with Crippen LogP contribution in [0.25, 0.3) is 0 Å². The molecule has 0 aromatic heterocycles. The normalized spacial score (nSPS) is 10.4. The second-order valence-electron chi connectivity index (χ2n) is 3.80. The molecule has 1 aromatic rings. The number of likely N-dealkylation sites (N-methyl/N-ethyl adjacent to an activating group) is 1. The summed E-state index contributed by atoms with van der Waals surface area (Å²) in [5.74, 6) is 0. The zero-order valence-corrected chi connectivity index (χ0v) is 10.1. The molecule has 2 nitrogen and oxygen atoms in total. The number of nitrogens with zero attached hydrogens (tertiary/aromatic N) is 1. The molecule has 0 heterocycles. The summed E-state index contributed by atoms with van der Waals surface area (Å²) in [7, 11) is 0. The molecule has 0 aliphatic carbocycles. The Kier molecular flexibility index (Phi) is 4.63.